The summed E-state index contributed by atoms with van der Waals surface area (Å²) in [7, 11) is 0. The highest BCUT2D eigenvalue weighted by Gasteiger charge is 2.11. The minimum atomic E-state index is -0.337. The first-order chi connectivity index (χ1) is 6.79. The number of hydrogen-bond acceptors (Lipinski definition) is 4. The molecule has 0 aromatic carbocycles. The van der Waals surface area contributed by atoms with Crippen LogP contribution in [0.5, 0.6) is 0 Å². The quantitative estimate of drug-likeness (QED) is 0.741. The van der Waals surface area contributed by atoms with E-state index in [2.05, 4.69) is 10.3 Å². The van der Waals surface area contributed by atoms with Crippen LogP contribution >= 0.6 is 0 Å². The number of carbonyl (C=O) groups is 1. The van der Waals surface area contributed by atoms with Crippen LogP contribution in [0.2, 0.25) is 0 Å². The molecule has 0 saturated carbocycles. The summed E-state index contributed by atoms with van der Waals surface area (Å²) in [5.41, 5.74) is 0.483. The van der Waals surface area contributed by atoms with Crippen molar-refractivity contribution in [2.45, 2.75) is 13.8 Å². The zero-order chi connectivity index (χ0) is 10.4. The van der Waals surface area contributed by atoms with Crippen LogP contribution in [-0.4, -0.2) is 24.1 Å². The largest absolute Gasteiger partial charge is 0.462 e. The first-order valence-electron chi connectivity index (χ1n) is 4.65. The molecular weight excluding hydrogens is 180 g/mol. The summed E-state index contributed by atoms with van der Waals surface area (Å²) in [5.74, 6) is 0.241. The molecule has 0 aliphatic rings. The zero-order valence-electron chi connectivity index (χ0n) is 8.41. The molecule has 0 aliphatic heterocycles. The summed E-state index contributed by atoms with van der Waals surface area (Å²) in [6.07, 6.45) is 1.64. The number of pyridine rings is 1. The summed E-state index contributed by atoms with van der Waals surface area (Å²) in [5, 5.41) is 3.00. The fourth-order valence-electron chi connectivity index (χ4n) is 1.09. The Kier molecular flexibility index (Phi) is 3.91. The van der Waals surface area contributed by atoms with Gasteiger partial charge in [-0.2, -0.15) is 0 Å². The van der Waals surface area contributed by atoms with Gasteiger partial charge in [-0.1, -0.05) is 0 Å². The third-order valence-corrected chi connectivity index (χ3v) is 1.65. The second-order valence-corrected chi connectivity index (χ2v) is 2.65. The number of ether oxygens (including phenoxy) is 1. The molecular formula is C10H14N2O2. The van der Waals surface area contributed by atoms with Crippen LogP contribution in [0, 0.1) is 0 Å². The van der Waals surface area contributed by atoms with Crippen molar-refractivity contribution in [1.82, 2.24) is 4.98 Å². The smallest absolute Gasteiger partial charge is 0.341 e. The maximum absolute atomic E-state index is 11.4. The standard InChI is InChI=1S/C10H14N2O2/c1-3-11-9-8(6-5-7-12-9)10(13)14-4-2/h5-7H,3-4H2,1-2H3,(H,11,12). The predicted octanol–water partition coefficient (Wildman–Crippen LogP) is 1.69. The van der Waals surface area contributed by atoms with Gasteiger partial charge in [0.2, 0.25) is 0 Å². The van der Waals surface area contributed by atoms with Gasteiger partial charge in [-0.15, -0.1) is 0 Å². The molecule has 0 aliphatic carbocycles. The van der Waals surface area contributed by atoms with E-state index in [1.165, 1.54) is 0 Å². The number of hydrogen-bond donors (Lipinski definition) is 1. The van der Waals surface area contributed by atoms with Crippen molar-refractivity contribution < 1.29 is 9.53 Å². The van der Waals surface area contributed by atoms with Gasteiger partial charge in [0.25, 0.3) is 0 Å². The number of carbonyl (C=O) groups excluding carboxylic acids is 1. The molecule has 4 nitrogen and oxygen atoms in total. The minimum absolute atomic E-state index is 0.337. The zero-order valence-corrected chi connectivity index (χ0v) is 8.41. The molecule has 0 unspecified atom stereocenters. The number of anilines is 1. The molecule has 0 amide bonds. The molecule has 0 fully saturated rings. The first-order valence-corrected chi connectivity index (χ1v) is 4.65. The van der Waals surface area contributed by atoms with Crippen molar-refractivity contribution in [3.63, 3.8) is 0 Å². The average molecular weight is 194 g/mol. The van der Waals surface area contributed by atoms with E-state index in [1.54, 1.807) is 25.3 Å². The van der Waals surface area contributed by atoms with Gasteiger partial charge < -0.3 is 10.1 Å². The molecule has 0 atom stereocenters. The molecule has 1 rings (SSSR count). The lowest BCUT2D eigenvalue weighted by Crippen LogP contribution is -2.10. The van der Waals surface area contributed by atoms with E-state index in [0.29, 0.717) is 18.0 Å². The van der Waals surface area contributed by atoms with Crippen LogP contribution in [-0.2, 0) is 4.74 Å². The molecule has 0 bridgehead atoms. The Labute approximate surface area is 83.3 Å². The van der Waals surface area contributed by atoms with Crippen molar-refractivity contribution in [1.29, 1.82) is 0 Å². The lowest BCUT2D eigenvalue weighted by atomic mass is 10.2. The number of nitrogens with one attached hydrogen (secondary N) is 1. The van der Waals surface area contributed by atoms with Gasteiger partial charge in [0.15, 0.2) is 0 Å². The number of esters is 1. The normalized spacial score (nSPS) is 9.57. The van der Waals surface area contributed by atoms with E-state index in [9.17, 15) is 4.79 Å². The van der Waals surface area contributed by atoms with Crippen molar-refractivity contribution in [2.24, 2.45) is 0 Å². The Balaban J connectivity index is 2.88. The fourth-order valence-corrected chi connectivity index (χ4v) is 1.09. The van der Waals surface area contributed by atoms with Crippen molar-refractivity contribution >= 4 is 11.8 Å². The van der Waals surface area contributed by atoms with Crippen LogP contribution in [0.15, 0.2) is 18.3 Å². The molecule has 1 N–H and O–H groups in total. The first kappa shape index (κ1) is 10.5. The summed E-state index contributed by atoms with van der Waals surface area (Å²) >= 11 is 0. The van der Waals surface area contributed by atoms with Gasteiger partial charge >= 0.3 is 5.97 Å². The highest BCUT2D eigenvalue weighted by Crippen LogP contribution is 2.12. The minimum Gasteiger partial charge on any atom is -0.462 e. The van der Waals surface area contributed by atoms with Crippen molar-refractivity contribution in [3.05, 3.63) is 23.9 Å². The number of rotatable bonds is 4. The summed E-state index contributed by atoms with van der Waals surface area (Å²) < 4.78 is 4.90. The van der Waals surface area contributed by atoms with Gasteiger partial charge in [0.1, 0.15) is 11.4 Å². The van der Waals surface area contributed by atoms with Gasteiger partial charge in [0, 0.05) is 12.7 Å². The molecule has 1 aromatic heterocycles. The summed E-state index contributed by atoms with van der Waals surface area (Å²) in [6.45, 7) is 4.83. The number of aromatic nitrogens is 1. The Hall–Kier alpha value is -1.58. The van der Waals surface area contributed by atoms with E-state index in [4.69, 9.17) is 4.74 Å². The monoisotopic (exact) mass is 194 g/mol. The molecule has 1 heterocycles. The van der Waals surface area contributed by atoms with Crippen LogP contribution in [0.4, 0.5) is 5.82 Å². The molecule has 0 radical (unpaired) electrons. The second kappa shape index (κ2) is 5.21. The molecule has 1 aromatic rings. The topological polar surface area (TPSA) is 51.2 Å². The second-order valence-electron chi connectivity index (χ2n) is 2.65. The third kappa shape index (κ3) is 2.45. The SMILES string of the molecule is CCNc1ncccc1C(=O)OCC. The van der Waals surface area contributed by atoms with Crippen molar-refractivity contribution in [3.8, 4) is 0 Å². The Morgan fingerprint density at radius 2 is 2.36 bits per heavy atom. The van der Waals surface area contributed by atoms with Crippen LogP contribution in [0.1, 0.15) is 24.2 Å². The molecule has 0 saturated heterocycles. The molecule has 0 spiro atoms. The lowest BCUT2D eigenvalue weighted by Gasteiger charge is -2.07. The molecule has 14 heavy (non-hydrogen) atoms. The van der Waals surface area contributed by atoms with E-state index < -0.39 is 0 Å². The Morgan fingerprint density at radius 3 is 3.00 bits per heavy atom. The summed E-state index contributed by atoms with van der Waals surface area (Å²) in [6, 6.07) is 3.41. The predicted molar refractivity (Wildman–Crippen MR) is 54.4 cm³/mol. The van der Waals surface area contributed by atoms with E-state index in [1.807, 2.05) is 6.92 Å². The van der Waals surface area contributed by atoms with Gasteiger partial charge in [-0.05, 0) is 26.0 Å². The molecule has 76 valence electrons. The highest BCUT2D eigenvalue weighted by atomic mass is 16.5. The Bertz CT molecular complexity index is 313. The van der Waals surface area contributed by atoms with E-state index in [-0.39, 0.29) is 5.97 Å². The highest BCUT2D eigenvalue weighted by molar-refractivity contribution is 5.94. The third-order valence-electron chi connectivity index (χ3n) is 1.65. The Morgan fingerprint density at radius 1 is 1.57 bits per heavy atom. The fraction of sp³-hybridized carbons (Fsp3) is 0.400. The van der Waals surface area contributed by atoms with Crippen LogP contribution in [0.25, 0.3) is 0 Å². The van der Waals surface area contributed by atoms with Crippen LogP contribution in [0.3, 0.4) is 0 Å². The van der Waals surface area contributed by atoms with E-state index in [0.717, 1.165) is 6.54 Å². The van der Waals surface area contributed by atoms with Gasteiger partial charge in [-0.25, -0.2) is 9.78 Å². The van der Waals surface area contributed by atoms with Gasteiger partial charge in [0.05, 0.1) is 6.61 Å². The maximum Gasteiger partial charge on any atom is 0.341 e. The van der Waals surface area contributed by atoms with Gasteiger partial charge in [-0.3, -0.25) is 0 Å². The van der Waals surface area contributed by atoms with E-state index >= 15 is 0 Å². The summed E-state index contributed by atoms with van der Waals surface area (Å²) in [4.78, 5) is 15.5. The lowest BCUT2D eigenvalue weighted by molar-refractivity contribution is 0.0527. The van der Waals surface area contributed by atoms with Crippen molar-refractivity contribution in [2.75, 3.05) is 18.5 Å². The average Bonchev–Trinajstić information content (AvgIpc) is 2.19. The van der Waals surface area contributed by atoms with Crippen LogP contribution < -0.4 is 5.32 Å². The molecule has 4 heteroatoms. The number of nitrogens with zero attached hydrogens (tertiary/aromatic N) is 1. The maximum atomic E-state index is 11.4.